The summed E-state index contributed by atoms with van der Waals surface area (Å²) in [6.07, 6.45) is 0.552. The summed E-state index contributed by atoms with van der Waals surface area (Å²) in [6.45, 7) is 1.80. The lowest BCUT2D eigenvalue weighted by Crippen LogP contribution is -2.26. The summed E-state index contributed by atoms with van der Waals surface area (Å²) < 4.78 is 57.6. The quantitative estimate of drug-likeness (QED) is 0.746. The molecule has 0 aliphatic carbocycles. The van der Waals surface area contributed by atoms with Crippen LogP contribution < -0.4 is 4.90 Å². The molecule has 0 radical (unpaired) electrons. The van der Waals surface area contributed by atoms with Gasteiger partial charge in [0, 0.05) is 5.56 Å². The number of amides is 1. The van der Waals surface area contributed by atoms with Gasteiger partial charge in [0.05, 0.1) is 36.0 Å². The fourth-order valence-corrected chi connectivity index (χ4v) is 4.54. The summed E-state index contributed by atoms with van der Waals surface area (Å²) in [5.74, 6) is -1.35. The van der Waals surface area contributed by atoms with Crippen LogP contribution in [0.3, 0.4) is 0 Å². The molecule has 2 aliphatic rings. The SMILES string of the molecule is Cc1c(F)nnn1C[C@H]1CN(c2ccc(C3=CCS(=O)(=O)CC3)c(F)c2)C(=O)O1. The summed E-state index contributed by atoms with van der Waals surface area (Å²) >= 11 is 0. The molecule has 1 amide bonds. The Hall–Kier alpha value is -2.82. The summed E-state index contributed by atoms with van der Waals surface area (Å²) in [7, 11) is -3.10. The molecule has 1 aromatic heterocycles. The van der Waals surface area contributed by atoms with Crippen LogP contribution in [0.4, 0.5) is 19.3 Å². The molecule has 0 unspecified atom stereocenters. The topological polar surface area (TPSA) is 94.4 Å². The van der Waals surface area contributed by atoms with Gasteiger partial charge in [-0.05, 0) is 37.1 Å². The molecule has 2 aliphatic heterocycles. The summed E-state index contributed by atoms with van der Waals surface area (Å²) in [5.41, 5.74) is 1.51. The molecule has 3 heterocycles. The van der Waals surface area contributed by atoms with E-state index in [1.54, 1.807) is 6.07 Å². The lowest BCUT2D eigenvalue weighted by molar-refractivity contribution is 0.128. The predicted octanol–water partition coefficient (Wildman–Crippen LogP) is 2.09. The van der Waals surface area contributed by atoms with Crippen LogP contribution >= 0.6 is 0 Å². The molecular formula is C18H18F2N4O4S. The molecule has 1 saturated heterocycles. The number of carbonyl (C=O) groups excluding carboxylic acids is 1. The third kappa shape index (κ3) is 3.86. The highest BCUT2D eigenvalue weighted by Gasteiger charge is 2.34. The lowest BCUT2D eigenvalue weighted by Gasteiger charge is -2.17. The van der Waals surface area contributed by atoms with Crippen LogP contribution in [0.2, 0.25) is 0 Å². The van der Waals surface area contributed by atoms with Crippen molar-refractivity contribution in [2.45, 2.75) is 26.0 Å². The van der Waals surface area contributed by atoms with Crippen LogP contribution in [-0.2, 0) is 21.1 Å². The van der Waals surface area contributed by atoms with E-state index in [9.17, 15) is 22.0 Å². The van der Waals surface area contributed by atoms with Crippen molar-refractivity contribution in [1.82, 2.24) is 15.0 Å². The van der Waals surface area contributed by atoms with Gasteiger partial charge in [-0.2, -0.15) is 4.39 Å². The molecule has 154 valence electrons. The van der Waals surface area contributed by atoms with Gasteiger partial charge < -0.3 is 4.74 Å². The maximum absolute atomic E-state index is 14.7. The van der Waals surface area contributed by atoms with Crippen molar-refractivity contribution < 1.29 is 26.7 Å². The fraction of sp³-hybridized carbons (Fsp3) is 0.389. The first-order chi connectivity index (χ1) is 13.7. The van der Waals surface area contributed by atoms with Crippen LogP contribution in [0.15, 0.2) is 24.3 Å². The molecular weight excluding hydrogens is 406 g/mol. The number of allylic oxidation sites excluding steroid dienone is 1. The Labute approximate surface area is 165 Å². The second-order valence-electron chi connectivity index (χ2n) is 7.02. The first kappa shape index (κ1) is 19.5. The Morgan fingerprint density at radius 2 is 2.10 bits per heavy atom. The second kappa shape index (κ2) is 7.21. The number of ether oxygens (including phenoxy) is 1. The smallest absolute Gasteiger partial charge is 0.414 e. The van der Waals surface area contributed by atoms with Gasteiger partial charge in [0.2, 0.25) is 0 Å². The number of cyclic esters (lactones) is 1. The minimum Gasteiger partial charge on any atom is -0.442 e. The number of carbonyl (C=O) groups is 1. The Balaban J connectivity index is 1.50. The normalized spacial score (nSPS) is 21.2. The average molecular weight is 424 g/mol. The highest BCUT2D eigenvalue weighted by atomic mass is 32.2. The molecule has 0 saturated carbocycles. The fourth-order valence-electron chi connectivity index (χ4n) is 3.39. The largest absolute Gasteiger partial charge is 0.442 e. The number of nitrogens with zero attached hydrogens (tertiary/aromatic N) is 4. The van der Waals surface area contributed by atoms with E-state index in [4.69, 9.17) is 4.74 Å². The molecule has 11 heteroatoms. The Morgan fingerprint density at radius 3 is 2.72 bits per heavy atom. The Kier molecular flexibility index (Phi) is 4.85. The van der Waals surface area contributed by atoms with Crippen LogP contribution in [0, 0.1) is 18.7 Å². The van der Waals surface area contributed by atoms with Gasteiger partial charge in [-0.3, -0.25) is 4.90 Å². The van der Waals surface area contributed by atoms with Crippen molar-refractivity contribution in [3.8, 4) is 0 Å². The van der Waals surface area contributed by atoms with E-state index in [1.165, 1.54) is 34.7 Å². The van der Waals surface area contributed by atoms with Crippen molar-refractivity contribution in [1.29, 1.82) is 0 Å². The monoisotopic (exact) mass is 424 g/mol. The van der Waals surface area contributed by atoms with Crippen molar-refractivity contribution in [3.05, 3.63) is 47.3 Å². The minimum atomic E-state index is -3.10. The molecule has 1 atom stereocenters. The maximum Gasteiger partial charge on any atom is 0.414 e. The molecule has 29 heavy (non-hydrogen) atoms. The number of hydrogen-bond donors (Lipinski definition) is 0. The third-order valence-electron chi connectivity index (χ3n) is 5.05. The lowest BCUT2D eigenvalue weighted by atomic mass is 10.0. The van der Waals surface area contributed by atoms with Gasteiger partial charge in [-0.1, -0.05) is 16.4 Å². The van der Waals surface area contributed by atoms with Crippen LogP contribution in [0.5, 0.6) is 0 Å². The molecule has 1 aromatic carbocycles. The van der Waals surface area contributed by atoms with Gasteiger partial charge in [0.15, 0.2) is 9.84 Å². The Bertz CT molecular complexity index is 1110. The number of benzene rings is 1. The first-order valence-electron chi connectivity index (χ1n) is 8.96. The van der Waals surface area contributed by atoms with Gasteiger partial charge in [-0.25, -0.2) is 22.3 Å². The highest BCUT2D eigenvalue weighted by molar-refractivity contribution is 7.91. The standard InChI is InChI=1S/C18H18F2N4O4S/c1-11-17(20)21-22-24(11)10-14-9-23(18(25)28-14)13-2-3-15(16(19)8-13)12-4-6-29(26,27)7-5-12/h2-4,8,14H,5-7,9-10H2,1H3/t14-/m1/s1. The molecule has 0 bridgehead atoms. The molecule has 0 N–H and O–H groups in total. The number of aromatic nitrogens is 3. The number of sulfone groups is 1. The van der Waals surface area contributed by atoms with E-state index in [0.29, 0.717) is 16.8 Å². The van der Waals surface area contributed by atoms with E-state index < -0.39 is 33.8 Å². The van der Waals surface area contributed by atoms with Crippen molar-refractivity contribution >= 4 is 27.2 Å². The van der Waals surface area contributed by atoms with Crippen LogP contribution in [-0.4, -0.2) is 53.7 Å². The van der Waals surface area contributed by atoms with Gasteiger partial charge >= 0.3 is 6.09 Å². The van der Waals surface area contributed by atoms with Crippen LogP contribution in [0.1, 0.15) is 17.7 Å². The number of rotatable bonds is 4. The average Bonchev–Trinajstić information content (AvgIpc) is 3.19. The van der Waals surface area contributed by atoms with Gasteiger partial charge in [-0.15, -0.1) is 0 Å². The van der Waals surface area contributed by atoms with Crippen molar-refractivity contribution in [3.63, 3.8) is 0 Å². The van der Waals surface area contributed by atoms with E-state index in [2.05, 4.69) is 10.3 Å². The molecule has 2 aromatic rings. The van der Waals surface area contributed by atoms with Crippen molar-refractivity contribution in [2.24, 2.45) is 0 Å². The summed E-state index contributed by atoms with van der Waals surface area (Å²) in [4.78, 5) is 13.5. The van der Waals surface area contributed by atoms with E-state index in [1.807, 2.05) is 0 Å². The zero-order valence-corrected chi connectivity index (χ0v) is 16.3. The first-order valence-corrected chi connectivity index (χ1v) is 10.8. The number of halogens is 2. The van der Waals surface area contributed by atoms with E-state index in [-0.39, 0.29) is 36.7 Å². The minimum absolute atomic E-state index is 0.0115. The zero-order valence-electron chi connectivity index (χ0n) is 15.5. The predicted molar refractivity (Wildman–Crippen MR) is 100.0 cm³/mol. The summed E-state index contributed by atoms with van der Waals surface area (Å²) in [6, 6.07) is 4.35. The van der Waals surface area contributed by atoms with Crippen LogP contribution in [0.25, 0.3) is 5.57 Å². The molecule has 8 nitrogen and oxygen atoms in total. The summed E-state index contributed by atoms with van der Waals surface area (Å²) in [5, 5.41) is 6.99. The van der Waals surface area contributed by atoms with Gasteiger partial charge in [0.1, 0.15) is 11.9 Å². The zero-order chi connectivity index (χ0) is 20.8. The van der Waals surface area contributed by atoms with E-state index >= 15 is 0 Å². The molecule has 1 fully saturated rings. The second-order valence-corrected chi connectivity index (χ2v) is 9.25. The number of hydrogen-bond acceptors (Lipinski definition) is 6. The van der Waals surface area contributed by atoms with E-state index in [0.717, 1.165) is 0 Å². The maximum atomic E-state index is 14.7. The molecule has 0 spiro atoms. The Morgan fingerprint density at radius 1 is 1.31 bits per heavy atom. The van der Waals surface area contributed by atoms with Gasteiger partial charge in [0.25, 0.3) is 5.95 Å². The highest BCUT2D eigenvalue weighted by Crippen LogP contribution is 2.30. The molecule has 4 rings (SSSR count). The van der Waals surface area contributed by atoms with Crippen molar-refractivity contribution in [2.75, 3.05) is 23.0 Å². The third-order valence-corrected chi connectivity index (χ3v) is 6.55. The number of anilines is 1.